The minimum Gasteiger partial charge on any atom is -0.394 e. The second-order valence-electron chi connectivity index (χ2n) is 6.60. The van der Waals surface area contributed by atoms with Crippen LogP contribution in [0.3, 0.4) is 0 Å². The first-order valence-electron chi connectivity index (χ1n) is 8.27. The molecule has 1 aliphatic rings. The highest BCUT2D eigenvalue weighted by Gasteiger charge is 2.27. The zero-order chi connectivity index (χ0) is 16.8. The molecule has 0 saturated carbocycles. The van der Waals surface area contributed by atoms with Gasteiger partial charge in [-0.3, -0.25) is 4.79 Å². The van der Waals surface area contributed by atoms with Gasteiger partial charge in [-0.05, 0) is 42.4 Å². The molecule has 3 atom stereocenters. The Labute approximate surface area is 143 Å². The van der Waals surface area contributed by atoms with Crippen LogP contribution < -0.4 is 5.32 Å². The van der Waals surface area contributed by atoms with Crippen molar-refractivity contribution in [2.45, 2.75) is 45.3 Å². The number of carbonyl (C=O) groups is 1. The number of amides is 1. The standard InChI is InChI=1S/C18H26ClNO3/c1-12(2)17-9-13(7-8-23-17)10-18(22)20-16(11-21)14-3-5-15(19)6-4-14/h3-6,12-13,16-17,21H,7-11H2,1-2H3,(H,20,22). The first-order valence-corrected chi connectivity index (χ1v) is 8.64. The van der Waals surface area contributed by atoms with E-state index in [-0.39, 0.29) is 24.7 Å². The molecule has 3 unspecified atom stereocenters. The van der Waals surface area contributed by atoms with Gasteiger partial charge < -0.3 is 15.2 Å². The lowest BCUT2D eigenvalue weighted by Crippen LogP contribution is -2.35. The lowest BCUT2D eigenvalue weighted by atomic mass is 9.88. The number of rotatable bonds is 6. The average molecular weight is 340 g/mol. The molecule has 0 radical (unpaired) electrons. The van der Waals surface area contributed by atoms with Gasteiger partial charge in [0.1, 0.15) is 0 Å². The number of nitrogens with one attached hydrogen (secondary N) is 1. The van der Waals surface area contributed by atoms with Gasteiger partial charge in [0.25, 0.3) is 0 Å². The third-order valence-electron chi connectivity index (χ3n) is 4.43. The van der Waals surface area contributed by atoms with Crippen molar-refractivity contribution in [1.29, 1.82) is 0 Å². The van der Waals surface area contributed by atoms with Crippen molar-refractivity contribution in [3.8, 4) is 0 Å². The Morgan fingerprint density at radius 1 is 1.39 bits per heavy atom. The van der Waals surface area contributed by atoms with E-state index in [1.807, 2.05) is 12.1 Å². The number of aliphatic hydroxyl groups is 1. The van der Waals surface area contributed by atoms with Gasteiger partial charge in [-0.15, -0.1) is 0 Å². The molecule has 2 N–H and O–H groups in total. The van der Waals surface area contributed by atoms with E-state index in [2.05, 4.69) is 19.2 Å². The Morgan fingerprint density at radius 3 is 2.70 bits per heavy atom. The van der Waals surface area contributed by atoms with Gasteiger partial charge in [0.2, 0.25) is 5.91 Å². The second kappa shape index (κ2) is 8.67. The summed E-state index contributed by atoms with van der Waals surface area (Å²) in [6.45, 7) is 4.89. The van der Waals surface area contributed by atoms with Crippen molar-refractivity contribution < 1.29 is 14.6 Å². The van der Waals surface area contributed by atoms with E-state index in [0.29, 0.717) is 23.3 Å². The van der Waals surface area contributed by atoms with E-state index >= 15 is 0 Å². The Balaban J connectivity index is 1.88. The summed E-state index contributed by atoms with van der Waals surface area (Å²) in [5.74, 6) is 0.800. The predicted molar refractivity (Wildman–Crippen MR) is 91.3 cm³/mol. The van der Waals surface area contributed by atoms with Gasteiger partial charge in [0.05, 0.1) is 18.8 Å². The maximum absolute atomic E-state index is 12.3. The number of ether oxygens (including phenoxy) is 1. The molecule has 1 fully saturated rings. The van der Waals surface area contributed by atoms with Crippen LogP contribution in [0, 0.1) is 11.8 Å². The lowest BCUT2D eigenvalue weighted by molar-refractivity contribution is -0.124. The highest BCUT2D eigenvalue weighted by molar-refractivity contribution is 6.30. The van der Waals surface area contributed by atoms with Gasteiger partial charge in [-0.25, -0.2) is 0 Å². The minimum absolute atomic E-state index is 0.0200. The highest BCUT2D eigenvalue weighted by Crippen LogP contribution is 2.27. The highest BCUT2D eigenvalue weighted by atomic mass is 35.5. The number of aliphatic hydroxyl groups excluding tert-OH is 1. The van der Waals surface area contributed by atoms with Crippen LogP contribution in [-0.2, 0) is 9.53 Å². The summed E-state index contributed by atoms with van der Waals surface area (Å²) in [5.41, 5.74) is 0.859. The fourth-order valence-electron chi connectivity index (χ4n) is 3.00. The predicted octanol–water partition coefficient (Wildman–Crippen LogP) is 3.33. The summed E-state index contributed by atoms with van der Waals surface area (Å²) in [4.78, 5) is 12.3. The number of benzene rings is 1. The van der Waals surface area contributed by atoms with Crippen molar-refractivity contribution in [1.82, 2.24) is 5.32 Å². The second-order valence-corrected chi connectivity index (χ2v) is 7.04. The normalized spacial score (nSPS) is 22.8. The number of halogens is 1. The van der Waals surface area contributed by atoms with Gasteiger partial charge in [-0.2, -0.15) is 0 Å². The molecule has 1 aliphatic heterocycles. The Morgan fingerprint density at radius 2 is 2.09 bits per heavy atom. The minimum atomic E-state index is -0.388. The zero-order valence-electron chi connectivity index (χ0n) is 13.8. The summed E-state index contributed by atoms with van der Waals surface area (Å²) < 4.78 is 5.75. The monoisotopic (exact) mass is 339 g/mol. The Kier molecular flexibility index (Phi) is 6.88. The molecule has 1 aromatic carbocycles. The molecule has 2 rings (SSSR count). The van der Waals surface area contributed by atoms with E-state index in [1.54, 1.807) is 12.1 Å². The molecule has 1 heterocycles. The fraction of sp³-hybridized carbons (Fsp3) is 0.611. The van der Waals surface area contributed by atoms with E-state index in [1.165, 1.54) is 0 Å². The van der Waals surface area contributed by atoms with Crippen molar-refractivity contribution in [2.75, 3.05) is 13.2 Å². The van der Waals surface area contributed by atoms with Gasteiger partial charge >= 0.3 is 0 Å². The average Bonchev–Trinajstić information content (AvgIpc) is 2.53. The SMILES string of the molecule is CC(C)C1CC(CC(=O)NC(CO)c2ccc(Cl)cc2)CCO1. The maximum Gasteiger partial charge on any atom is 0.220 e. The molecule has 0 aromatic heterocycles. The van der Waals surface area contributed by atoms with Gasteiger partial charge in [0, 0.05) is 18.1 Å². The molecule has 0 aliphatic carbocycles. The van der Waals surface area contributed by atoms with Gasteiger partial charge in [0.15, 0.2) is 0 Å². The van der Waals surface area contributed by atoms with Crippen LogP contribution in [0.4, 0.5) is 0 Å². The quantitative estimate of drug-likeness (QED) is 0.835. The fourth-order valence-corrected chi connectivity index (χ4v) is 3.12. The molecule has 1 amide bonds. The van der Waals surface area contributed by atoms with Crippen molar-refractivity contribution in [3.05, 3.63) is 34.9 Å². The van der Waals surface area contributed by atoms with Crippen LogP contribution in [0.25, 0.3) is 0 Å². The molecule has 0 bridgehead atoms. The van der Waals surface area contributed by atoms with Gasteiger partial charge in [-0.1, -0.05) is 37.6 Å². The third kappa shape index (κ3) is 5.48. The van der Waals surface area contributed by atoms with Crippen LogP contribution in [0.1, 0.15) is 44.7 Å². The zero-order valence-corrected chi connectivity index (χ0v) is 14.6. The summed E-state index contributed by atoms with van der Waals surface area (Å²) >= 11 is 5.87. The molecule has 1 saturated heterocycles. The van der Waals surface area contributed by atoms with Crippen molar-refractivity contribution in [3.63, 3.8) is 0 Å². The van der Waals surface area contributed by atoms with Crippen LogP contribution in [0.5, 0.6) is 0 Å². The maximum atomic E-state index is 12.3. The summed E-state index contributed by atoms with van der Waals surface area (Å²) in [7, 11) is 0. The third-order valence-corrected chi connectivity index (χ3v) is 4.68. The molecular weight excluding hydrogens is 314 g/mol. The number of hydrogen-bond donors (Lipinski definition) is 2. The molecule has 5 heteroatoms. The van der Waals surface area contributed by atoms with E-state index in [4.69, 9.17) is 16.3 Å². The van der Waals surface area contributed by atoms with E-state index < -0.39 is 0 Å². The summed E-state index contributed by atoms with van der Waals surface area (Å²) in [5, 5.41) is 13.1. The molecular formula is C18H26ClNO3. The Hall–Kier alpha value is -1.10. The summed E-state index contributed by atoms with van der Waals surface area (Å²) in [6, 6.07) is 6.79. The van der Waals surface area contributed by atoms with Crippen molar-refractivity contribution >= 4 is 17.5 Å². The largest absolute Gasteiger partial charge is 0.394 e. The lowest BCUT2D eigenvalue weighted by Gasteiger charge is -2.32. The van der Waals surface area contributed by atoms with E-state index in [9.17, 15) is 9.90 Å². The number of carbonyl (C=O) groups excluding carboxylic acids is 1. The van der Waals surface area contributed by atoms with Crippen LogP contribution in [0.2, 0.25) is 5.02 Å². The van der Waals surface area contributed by atoms with Crippen LogP contribution >= 0.6 is 11.6 Å². The van der Waals surface area contributed by atoms with E-state index in [0.717, 1.165) is 25.0 Å². The molecule has 0 spiro atoms. The first-order chi connectivity index (χ1) is 11.0. The summed E-state index contributed by atoms with van der Waals surface area (Å²) in [6.07, 6.45) is 2.57. The molecule has 23 heavy (non-hydrogen) atoms. The molecule has 128 valence electrons. The molecule has 1 aromatic rings. The number of hydrogen-bond acceptors (Lipinski definition) is 3. The van der Waals surface area contributed by atoms with Crippen LogP contribution in [0.15, 0.2) is 24.3 Å². The first kappa shape index (κ1) is 18.2. The Bertz CT molecular complexity index is 503. The van der Waals surface area contributed by atoms with Crippen molar-refractivity contribution in [2.24, 2.45) is 11.8 Å². The van der Waals surface area contributed by atoms with Crippen LogP contribution in [-0.4, -0.2) is 30.3 Å². The smallest absolute Gasteiger partial charge is 0.220 e. The topological polar surface area (TPSA) is 58.6 Å². The molecule has 4 nitrogen and oxygen atoms in total.